The van der Waals surface area contributed by atoms with Gasteiger partial charge in [-0.25, -0.2) is 4.79 Å². The summed E-state index contributed by atoms with van der Waals surface area (Å²) in [5, 5.41) is 0.621. The summed E-state index contributed by atoms with van der Waals surface area (Å²) < 4.78 is 21.1. The fourth-order valence-corrected chi connectivity index (χ4v) is 4.34. The summed E-state index contributed by atoms with van der Waals surface area (Å²) in [5.74, 6) is 0. The predicted octanol–water partition coefficient (Wildman–Crippen LogP) is 3.75. The van der Waals surface area contributed by atoms with Gasteiger partial charge in [0.15, 0.2) is 11.2 Å². The predicted molar refractivity (Wildman–Crippen MR) is 139 cm³/mol. The topological polar surface area (TPSA) is 89.5 Å². The zero-order valence-electron chi connectivity index (χ0n) is 18.7. The summed E-state index contributed by atoms with van der Waals surface area (Å²) in [6.45, 7) is 5.93. The number of hydrogen-bond donors (Lipinski definition) is 0. The van der Waals surface area contributed by atoms with Crippen LogP contribution in [0.25, 0.3) is 11.2 Å². The van der Waals surface area contributed by atoms with Crippen molar-refractivity contribution in [1.82, 2.24) is 18.7 Å². The quantitative estimate of drug-likeness (QED) is 0.177. The molecule has 0 fully saturated rings. The number of nitrogens with zero attached hydrogens (tertiary/aromatic N) is 4. The van der Waals surface area contributed by atoms with Crippen LogP contribution in [0.5, 0.6) is 6.01 Å². The van der Waals surface area contributed by atoms with Crippen molar-refractivity contribution in [2.75, 3.05) is 19.8 Å². The molecule has 1 unspecified atom stereocenters. The van der Waals surface area contributed by atoms with Crippen LogP contribution in [0.2, 0.25) is 5.02 Å². The van der Waals surface area contributed by atoms with E-state index in [2.05, 4.69) is 27.0 Å². The van der Waals surface area contributed by atoms with E-state index in [1.807, 2.05) is 26.0 Å². The number of imidazole rings is 1. The van der Waals surface area contributed by atoms with E-state index in [9.17, 15) is 9.59 Å². The van der Waals surface area contributed by atoms with E-state index in [4.69, 9.17) is 25.6 Å². The minimum absolute atomic E-state index is 0.0752. The molecular weight excluding hydrogens is 582 g/mol. The van der Waals surface area contributed by atoms with Crippen LogP contribution in [0.4, 0.5) is 0 Å². The second-order valence-corrected chi connectivity index (χ2v) is 9.83. The molecule has 0 saturated heterocycles. The minimum Gasteiger partial charge on any atom is -0.462 e. The van der Waals surface area contributed by atoms with Crippen LogP contribution in [-0.4, -0.2) is 44.6 Å². The summed E-state index contributed by atoms with van der Waals surface area (Å²) in [6.07, 6.45) is 0.629. The number of benzene rings is 1. The van der Waals surface area contributed by atoms with Crippen LogP contribution < -0.4 is 16.0 Å². The zero-order chi connectivity index (χ0) is 24.0. The fraction of sp³-hybridized carbons (Fsp3) is 0.476. The summed E-state index contributed by atoms with van der Waals surface area (Å²) in [7, 11) is 1.61. The lowest BCUT2D eigenvalue weighted by atomic mass is 10.2. The second kappa shape index (κ2) is 12.3. The van der Waals surface area contributed by atoms with Gasteiger partial charge in [-0.1, -0.05) is 23.7 Å². The number of rotatable bonds is 12. The average Bonchev–Trinajstić information content (AvgIpc) is 3.14. The largest absolute Gasteiger partial charge is 0.462 e. The molecule has 3 rings (SSSR count). The first-order valence-electron chi connectivity index (χ1n) is 10.5. The molecule has 9 nitrogen and oxygen atoms in total. The molecule has 2 heterocycles. The van der Waals surface area contributed by atoms with E-state index in [0.717, 1.165) is 5.56 Å². The van der Waals surface area contributed by atoms with Crippen molar-refractivity contribution in [3.63, 3.8) is 0 Å². The molecule has 180 valence electrons. The first-order chi connectivity index (χ1) is 15.8. The summed E-state index contributed by atoms with van der Waals surface area (Å²) in [6, 6.07) is 7.58. The molecule has 0 radical (unpaired) electrons. The number of halogens is 2. The Balaban J connectivity index is 2.05. The smallest absolute Gasteiger partial charge is 0.332 e. The maximum absolute atomic E-state index is 13.4. The third-order valence-corrected chi connectivity index (χ3v) is 6.40. The van der Waals surface area contributed by atoms with Crippen LogP contribution in [0.3, 0.4) is 0 Å². The second-order valence-electron chi connectivity index (χ2n) is 7.62. The van der Waals surface area contributed by atoms with Crippen LogP contribution in [0.15, 0.2) is 33.9 Å². The maximum Gasteiger partial charge on any atom is 0.332 e. The van der Waals surface area contributed by atoms with Gasteiger partial charge < -0.3 is 14.0 Å². The third-order valence-electron chi connectivity index (χ3n) is 4.90. The summed E-state index contributed by atoms with van der Waals surface area (Å²) in [4.78, 5) is 30.8. The normalized spacial score (nSPS) is 11.9. The highest BCUT2D eigenvalue weighted by Crippen LogP contribution is 2.22. The number of aryl methyl sites for hydroxylation is 1. The van der Waals surface area contributed by atoms with Crippen molar-refractivity contribution < 1.29 is 14.0 Å². The van der Waals surface area contributed by atoms with Gasteiger partial charge in [-0.2, -0.15) is 4.98 Å². The standard InChI is InChI=1S/C21H27ClIN4O5P/c1-14(2)30-11-12-31-20-24-18-17(27(20)13-15-5-7-16(22)8-6-15)19(28)26(21(29)25(18)3)9-4-10-32-33-23/h5-8,14,33H,4,9-13H2,1-3H3. The molecule has 0 N–H and O–H groups in total. The SMILES string of the molecule is CC(C)OCCOc1nc2c(c(=O)n(CCCOPI)c(=O)n2C)n1Cc1ccc(Cl)cc1. The van der Waals surface area contributed by atoms with E-state index in [0.29, 0.717) is 43.2 Å². The molecule has 0 aliphatic heterocycles. The van der Waals surface area contributed by atoms with Crippen molar-refractivity contribution in [3.05, 3.63) is 55.7 Å². The van der Waals surface area contributed by atoms with Crippen LogP contribution >= 0.6 is 40.1 Å². The van der Waals surface area contributed by atoms with Gasteiger partial charge in [0.2, 0.25) is 0 Å². The summed E-state index contributed by atoms with van der Waals surface area (Å²) >= 11 is 8.16. The van der Waals surface area contributed by atoms with Gasteiger partial charge in [0.25, 0.3) is 11.6 Å². The van der Waals surface area contributed by atoms with Gasteiger partial charge in [-0.05, 0) is 60.0 Å². The Labute approximate surface area is 211 Å². The average molecular weight is 609 g/mol. The highest BCUT2D eigenvalue weighted by molar-refractivity contribution is 14.2. The Kier molecular flexibility index (Phi) is 9.75. The monoisotopic (exact) mass is 608 g/mol. The molecule has 12 heteroatoms. The molecule has 0 aliphatic rings. The lowest BCUT2D eigenvalue weighted by Crippen LogP contribution is -2.40. The Morgan fingerprint density at radius 2 is 1.85 bits per heavy atom. The molecule has 1 aromatic carbocycles. The van der Waals surface area contributed by atoms with Crippen molar-refractivity contribution >= 4 is 51.3 Å². The molecule has 0 saturated carbocycles. The molecule has 0 amide bonds. The molecular formula is C21H27ClIN4O5P. The van der Waals surface area contributed by atoms with E-state index in [1.165, 1.54) is 9.13 Å². The molecule has 1 atom stereocenters. The minimum atomic E-state index is -0.421. The molecule has 0 spiro atoms. The van der Waals surface area contributed by atoms with Crippen molar-refractivity contribution in [2.24, 2.45) is 7.05 Å². The first kappa shape index (κ1) is 26.2. The fourth-order valence-electron chi connectivity index (χ4n) is 3.33. The van der Waals surface area contributed by atoms with Gasteiger partial charge in [0.1, 0.15) is 6.61 Å². The summed E-state index contributed by atoms with van der Waals surface area (Å²) in [5.41, 5.74) is 0.678. The highest BCUT2D eigenvalue weighted by atomic mass is 127. The molecule has 2 aromatic heterocycles. The van der Waals surface area contributed by atoms with E-state index < -0.39 is 11.2 Å². The van der Waals surface area contributed by atoms with Crippen LogP contribution in [0.1, 0.15) is 25.8 Å². The Hall–Kier alpha value is -1.46. The lowest BCUT2D eigenvalue weighted by Gasteiger charge is -2.12. The Morgan fingerprint density at radius 1 is 1.12 bits per heavy atom. The number of aromatic nitrogens is 4. The van der Waals surface area contributed by atoms with Crippen molar-refractivity contribution in [3.8, 4) is 6.01 Å². The van der Waals surface area contributed by atoms with Gasteiger partial charge in [0, 0.05) is 18.6 Å². The first-order valence-corrected chi connectivity index (χ1v) is 14.9. The molecule has 0 bridgehead atoms. The highest BCUT2D eigenvalue weighted by Gasteiger charge is 2.21. The van der Waals surface area contributed by atoms with Crippen LogP contribution in [-0.2, 0) is 29.4 Å². The van der Waals surface area contributed by atoms with Gasteiger partial charge in [-0.3, -0.25) is 18.5 Å². The molecule has 0 aliphatic carbocycles. The number of ether oxygens (including phenoxy) is 2. The van der Waals surface area contributed by atoms with Crippen LogP contribution in [0, 0.1) is 0 Å². The Morgan fingerprint density at radius 3 is 2.52 bits per heavy atom. The van der Waals surface area contributed by atoms with Gasteiger partial charge in [0.05, 0.1) is 32.3 Å². The van der Waals surface area contributed by atoms with E-state index >= 15 is 0 Å². The molecule has 3 aromatic rings. The zero-order valence-corrected chi connectivity index (χ0v) is 22.6. The third kappa shape index (κ3) is 6.57. The number of fused-ring (bicyclic) bond motifs is 1. The molecule has 33 heavy (non-hydrogen) atoms. The van der Waals surface area contributed by atoms with E-state index in [-0.39, 0.29) is 30.9 Å². The maximum atomic E-state index is 13.4. The number of hydrogen-bond acceptors (Lipinski definition) is 6. The van der Waals surface area contributed by atoms with Crippen molar-refractivity contribution in [1.29, 1.82) is 0 Å². The van der Waals surface area contributed by atoms with E-state index in [1.54, 1.807) is 23.7 Å². The lowest BCUT2D eigenvalue weighted by molar-refractivity contribution is 0.0524. The van der Waals surface area contributed by atoms with Gasteiger partial charge >= 0.3 is 5.69 Å². The van der Waals surface area contributed by atoms with Crippen molar-refractivity contribution in [2.45, 2.75) is 39.5 Å². The Bertz CT molecular complexity index is 1190. The van der Waals surface area contributed by atoms with Gasteiger partial charge in [-0.15, -0.1) is 0 Å².